The molecule has 0 aliphatic carbocycles. The quantitative estimate of drug-likeness (QED) is 0.938. The lowest BCUT2D eigenvalue weighted by molar-refractivity contribution is 0.102. The van der Waals surface area contributed by atoms with E-state index in [0.29, 0.717) is 17.2 Å². The number of nitrogens with zero attached hydrogens (tertiary/aromatic N) is 2. The summed E-state index contributed by atoms with van der Waals surface area (Å²) in [6.45, 7) is 6.12. The zero-order chi connectivity index (χ0) is 17.0. The van der Waals surface area contributed by atoms with Gasteiger partial charge in [-0.3, -0.25) is 9.78 Å². The Morgan fingerprint density at radius 1 is 1.00 bits per heavy atom. The average Bonchev–Trinajstić information content (AvgIpc) is 2.53. The third kappa shape index (κ3) is 4.18. The van der Waals surface area contributed by atoms with Crippen LogP contribution in [0.4, 0.5) is 5.69 Å². The smallest absolute Gasteiger partial charge is 0.275 e. The van der Waals surface area contributed by atoms with E-state index in [-0.39, 0.29) is 17.0 Å². The molecule has 0 atom stereocenters. The molecule has 6 nitrogen and oxygen atoms in total. The Balaban J connectivity index is 2.19. The van der Waals surface area contributed by atoms with Gasteiger partial charge < -0.3 is 14.8 Å². The Kier molecular flexibility index (Phi) is 4.83. The standard InChI is InChI=1S/C17H21N3O3/c1-17(2,3)15-10-18-14(9-19-15)16(21)20-11-6-12(22-4)8-13(7-11)23-5/h6-10H,1-5H3,(H,20,21). The van der Waals surface area contributed by atoms with Crippen LogP contribution in [-0.2, 0) is 5.41 Å². The first-order valence-electron chi connectivity index (χ1n) is 7.20. The number of carbonyl (C=O) groups is 1. The van der Waals surface area contributed by atoms with E-state index in [2.05, 4.69) is 15.3 Å². The van der Waals surface area contributed by atoms with Gasteiger partial charge in [-0.05, 0) is 0 Å². The molecule has 0 bridgehead atoms. The molecule has 0 fully saturated rings. The minimum Gasteiger partial charge on any atom is -0.497 e. The molecule has 1 heterocycles. The van der Waals surface area contributed by atoms with Crippen molar-refractivity contribution in [3.8, 4) is 11.5 Å². The highest BCUT2D eigenvalue weighted by Crippen LogP contribution is 2.26. The summed E-state index contributed by atoms with van der Waals surface area (Å²) in [5, 5.41) is 2.76. The molecule has 2 aromatic rings. The topological polar surface area (TPSA) is 73.3 Å². The summed E-state index contributed by atoms with van der Waals surface area (Å²) in [5.74, 6) is 0.843. The number of rotatable bonds is 4. The van der Waals surface area contributed by atoms with Crippen molar-refractivity contribution in [2.24, 2.45) is 0 Å². The Labute approximate surface area is 135 Å². The molecule has 0 unspecified atom stereocenters. The predicted octanol–water partition coefficient (Wildman–Crippen LogP) is 3.04. The maximum absolute atomic E-state index is 12.3. The number of aromatic nitrogens is 2. The maximum Gasteiger partial charge on any atom is 0.275 e. The van der Waals surface area contributed by atoms with Crippen molar-refractivity contribution in [1.82, 2.24) is 9.97 Å². The van der Waals surface area contributed by atoms with Gasteiger partial charge in [0.15, 0.2) is 0 Å². The summed E-state index contributed by atoms with van der Waals surface area (Å²) < 4.78 is 10.4. The van der Waals surface area contributed by atoms with E-state index in [0.717, 1.165) is 5.69 Å². The highest BCUT2D eigenvalue weighted by atomic mass is 16.5. The maximum atomic E-state index is 12.3. The lowest BCUT2D eigenvalue weighted by Crippen LogP contribution is -2.18. The highest BCUT2D eigenvalue weighted by molar-refractivity contribution is 6.02. The Morgan fingerprint density at radius 3 is 2.04 bits per heavy atom. The first-order chi connectivity index (χ1) is 10.8. The molecule has 1 amide bonds. The van der Waals surface area contributed by atoms with Gasteiger partial charge in [-0.1, -0.05) is 20.8 Å². The van der Waals surface area contributed by atoms with Gasteiger partial charge in [-0.2, -0.15) is 0 Å². The number of ether oxygens (including phenoxy) is 2. The Bertz CT molecular complexity index is 669. The van der Waals surface area contributed by atoms with Crippen LogP contribution >= 0.6 is 0 Å². The van der Waals surface area contributed by atoms with Crippen LogP contribution in [0.3, 0.4) is 0 Å². The molecule has 1 aromatic heterocycles. The summed E-state index contributed by atoms with van der Waals surface area (Å²) in [6, 6.07) is 5.14. The van der Waals surface area contributed by atoms with E-state index in [9.17, 15) is 4.79 Å². The number of carbonyl (C=O) groups excluding carboxylic acids is 1. The Morgan fingerprint density at radius 2 is 1.61 bits per heavy atom. The molecular formula is C17H21N3O3. The third-order valence-electron chi connectivity index (χ3n) is 3.26. The molecular weight excluding hydrogens is 294 g/mol. The summed E-state index contributed by atoms with van der Waals surface area (Å²) >= 11 is 0. The second-order valence-corrected chi connectivity index (χ2v) is 6.09. The molecule has 122 valence electrons. The van der Waals surface area contributed by atoms with Crippen LogP contribution in [0.25, 0.3) is 0 Å². The second kappa shape index (κ2) is 6.64. The molecule has 0 aliphatic rings. The predicted molar refractivity (Wildman–Crippen MR) is 88.2 cm³/mol. The molecule has 0 saturated heterocycles. The van der Waals surface area contributed by atoms with Gasteiger partial charge in [-0.25, -0.2) is 4.98 Å². The van der Waals surface area contributed by atoms with Crippen LogP contribution in [0, 0.1) is 0 Å². The number of methoxy groups -OCH3 is 2. The van der Waals surface area contributed by atoms with Crippen molar-refractivity contribution in [1.29, 1.82) is 0 Å². The van der Waals surface area contributed by atoms with Crippen LogP contribution in [0.5, 0.6) is 11.5 Å². The number of hydrogen-bond donors (Lipinski definition) is 1. The second-order valence-electron chi connectivity index (χ2n) is 6.09. The molecule has 1 aromatic carbocycles. The number of amides is 1. The van der Waals surface area contributed by atoms with Gasteiger partial charge in [-0.15, -0.1) is 0 Å². The molecule has 0 aliphatic heterocycles. The zero-order valence-electron chi connectivity index (χ0n) is 14.0. The number of hydrogen-bond acceptors (Lipinski definition) is 5. The van der Waals surface area contributed by atoms with E-state index in [1.165, 1.54) is 6.20 Å². The fourth-order valence-electron chi connectivity index (χ4n) is 1.91. The highest BCUT2D eigenvalue weighted by Gasteiger charge is 2.17. The van der Waals surface area contributed by atoms with Crippen molar-refractivity contribution in [3.63, 3.8) is 0 Å². The molecule has 1 N–H and O–H groups in total. The minimum atomic E-state index is -0.340. The summed E-state index contributed by atoms with van der Waals surface area (Å²) in [5.41, 5.74) is 1.53. The van der Waals surface area contributed by atoms with E-state index in [1.807, 2.05) is 20.8 Å². The third-order valence-corrected chi connectivity index (χ3v) is 3.26. The lowest BCUT2D eigenvalue weighted by atomic mass is 9.93. The van der Waals surface area contributed by atoms with Gasteiger partial charge in [0.05, 0.1) is 26.1 Å². The van der Waals surface area contributed by atoms with Crippen molar-refractivity contribution >= 4 is 11.6 Å². The Hall–Kier alpha value is -2.63. The van der Waals surface area contributed by atoms with Crippen molar-refractivity contribution in [2.75, 3.05) is 19.5 Å². The van der Waals surface area contributed by atoms with Gasteiger partial charge in [0.25, 0.3) is 5.91 Å². The van der Waals surface area contributed by atoms with Crippen molar-refractivity contribution in [2.45, 2.75) is 26.2 Å². The molecule has 0 radical (unpaired) electrons. The van der Waals surface area contributed by atoms with E-state index < -0.39 is 0 Å². The van der Waals surface area contributed by atoms with E-state index in [4.69, 9.17) is 9.47 Å². The van der Waals surface area contributed by atoms with Crippen molar-refractivity contribution in [3.05, 3.63) is 42.0 Å². The minimum absolute atomic E-state index is 0.109. The summed E-state index contributed by atoms with van der Waals surface area (Å²) in [6.07, 6.45) is 3.11. The van der Waals surface area contributed by atoms with Gasteiger partial charge in [0.2, 0.25) is 0 Å². The molecule has 0 saturated carbocycles. The fourth-order valence-corrected chi connectivity index (χ4v) is 1.91. The number of benzene rings is 1. The zero-order valence-corrected chi connectivity index (χ0v) is 14.0. The summed E-state index contributed by atoms with van der Waals surface area (Å²) in [4.78, 5) is 20.8. The van der Waals surface area contributed by atoms with E-state index in [1.54, 1.807) is 38.6 Å². The van der Waals surface area contributed by atoms with Gasteiger partial charge in [0, 0.05) is 35.5 Å². The average molecular weight is 315 g/mol. The monoisotopic (exact) mass is 315 g/mol. The van der Waals surface area contributed by atoms with Crippen LogP contribution in [0.15, 0.2) is 30.6 Å². The first kappa shape index (κ1) is 16.7. The summed E-state index contributed by atoms with van der Waals surface area (Å²) in [7, 11) is 3.11. The normalized spacial score (nSPS) is 11.0. The van der Waals surface area contributed by atoms with Crippen LogP contribution in [0.1, 0.15) is 37.0 Å². The lowest BCUT2D eigenvalue weighted by Gasteiger charge is -2.16. The molecule has 23 heavy (non-hydrogen) atoms. The number of nitrogens with one attached hydrogen (secondary N) is 1. The molecule has 6 heteroatoms. The molecule has 0 spiro atoms. The fraction of sp³-hybridized carbons (Fsp3) is 0.353. The molecule has 2 rings (SSSR count). The van der Waals surface area contributed by atoms with Gasteiger partial charge in [0.1, 0.15) is 17.2 Å². The van der Waals surface area contributed by atoms with Gasteiger partial charge >= 0.3 is 0 Å². The largest absolute Gasteiger partial charge is 0.497 e. The first-order valence-corrected chi connectivity index (χ1v) is 7.20. The van der Waals surface area contributed by atoms with Crippen LogP contribution < -0.4 is 14.8 Å². The van der Waals surface area contributed by atoms with E-state index >= 15 is 0 Å². The number of anilines is 1. The van der Waals surface area contributed by atoms with Crippen LogP contribution in [-0.4, -0.2) is 30.1 Å². The van der Waals surface area contributed by atoms with Crippen LogP contribution in [0.2, 0.25) is 0 Å². The SMILES string of the molecule is COc1cc(NC(=O)c2cnc(C(C)(C)C)cn2)cc(OC)c1. The van der Waals surface area contributed by atoms with Crippen molar-refractivity contribution < 1.29 is 14.3 Å².